The Morgan fingerprint density at radius 3 is 2.26 bits per heavy atom. The van der Waals surface area contributed by atoms with Crippen molar-refractivity contribution in [3.8, 4) is 10.6 Å². The molecule has 1 atom stereocenters. The van der Waals surface area contributed by atoms with Gasteiger partial charge in [0.15, 0.2) is 0 Å². The number of urea groups is 1. The Balaban J connectivity index is 2.05. The van der Waals surface area contributed by atoms with Crippen LogP contribution >= 0.6 is 11.3 Å². The summed E-state index contributed by atoms with van der Waals surface area (Å²) in [6.45, 7) is 11.4. The van der Waals surface area contributed by atoms with Gasteiger partial charge in [-0.25, -0.2) is 4.79 Å². The molecule has 146 valence electrons. The van der Waals surface area contributed by atoms with Gasteiger partial charge < -0.3 is 10.6 Å². The number of nitrogens with zero attached hydrogens (tertiary/aromatic N) is 2. The van der Waals surface area contributed by atoms with Crippen molar-refractivity contribution in [3.05, 3.63) is 29.8 Å². The van der Waals surface area contributed by atoms with Crippen LogP contribution in [0.15, 0.2) is 24.3 Å². The molecule has 0 saturated carbocycles. The zero-order valence-electron chi connectivity index (χ0n) is 16.6. The number of amides is 3. The third-order valence-corrected chi connectivity index (χ3v) is 4.57. The van der Waals surface area contributed by atoms with Crippen LogP contribution in [0.2, 0.25) is 0 Å². The smallest absolute Gasteiger partial charge is 0.315 e. The first-order chi connectivity index (χ1) is 12.5. The Morgan fingerprint density at radius 2 is 1.70 bits per heavy atom. The Kier molecular flexibility index (Phi) is 6.54. The third-order valence-electron chi connectivity index (χ3n) is 3.68. The van der Waals surface area contributed by atoms with Gasteiger partial charge in [-0.1, -0.05) is 55.0 Å². The van der Waals surface area contributed by atoms with Crippen molar-refractivity contribution in [2.24, 2.45) is 5.92 Å². The molecule has 0 radical (unpaired) electrons. The van der Waals surface area contributed by atoms with Gasteiger partial charge in [-0.2, -0.15) is 0 Å². The van der Waals surface area contributed by atoms with E-state index in [1.807, 2.05) is 65.8 Å². The molecule has 7 nitrogen and oxygen atoms in total. The maximum absolute atomic E-state index is 12.6. The van der Waals surface area contributed by atoms with Gasteiger partial charge in [-0.15, -0.1) is 10.2 Å². The van der Waals surface area contributed by atoms with Crippen molar-refractivity contribution in [3.63, 3.8) is 0 Å². The van der Waals surface area contributed by atoms with E-state index < -0.39 is 6.04 Å². The molecule has 0 aliphatic rings. The van der Waals surface area contributed by atoms with Crippen molar-refractivity contribution in [1.29, 1.82) is 0 Å². The van der Waals surface area contributed by atoms with Crippen LogP contribution in [0.4, 0.5) is 9.93 Å². The van der Waals surface area contributed by atoms with Crippen molar-refractivity contribution >= 4 is 28.4 Å². The summed E-state index contributed by atoms with van der Waals surface area (Å²) < 4.78 is 0. The van der Waals surface area contributed by atoms with Gasteiger partial charge in [0.05, 0.1) is 0 Å². The van der Waals surface area contributed by atoms with Gasteiger partial charge in [0.25, 0.3) is 0 Å². The van der Waals surface area contributed by atoms with E-state index >= 15 is 0 Å². The van der Waals surface area contributed by atoms with Crippen LogP contribution in [0.3, 0.4) is 0 Å². The third kappa shape index (κ3) is 6.32. The molecule has 3 amide bonds. The number of carbonyl (C=O) groups is 2. The minimum Gasteiger partial charge on any atom is -0.334 e. The molecule has 0 spiro atoms. The fourth-order valence-corrected chi connectivity index (χ4v) is 3.07. The van der Waals surface area contributed by atoms with Crippen LogP contribution in [0, 0.1) is 12.8 Å². The van der Waals surface area contributed by atoms with Crippen molar-refractivity contribution in [1.82, 2.24) is 20.8 Å². The number of aryl methyl sites for hydroxylation is 1. The van der Waals surface area contributed by atoms with Crippen LogP contribution in [0.1, 0.15) is 40.2 Å². The Labute approximate surface area is 164 Å². The fourth-order valence-electron chi connectivity index (χ4n) is 2.32. The summed E-state index contributed by atoms with van der Waals surface area (Å²) in [5.41, 5.74) is 1.72. The van der Waals surface area contributed by atoms with Gasteiger partial charge in [-0.3, -0.25) is 10.1 Å². The predicted octanol–water partition coefficient (Wildman–Crippen LogP) is 3.57. The molecule has 1 aromatic heterocycles. The van der Waals surface area contributed by atoms with Crippen LogP contribution in [-0.4, -0.2) is 33.7 Å². The number of nitrogens with one attached hydrogen (secondary N) is 3. The van der Waals surface area contributed by atoms with Crippen LogP contribution in [0.25, 0.3) is 10.6 Å². The first kappa shape index (κ1) is 20.8. The van der Waals surface area contributed by atoms with E-state index in [1.54, 1.807) is 0 Å². The molecule has 0 unspecified atom stereocenters. The Morgan fingerprint density at radius 1 is 1.07 bits per heavy atom. The SMILES string of the molecule is Cc1ccc(-c2nnc(NC(=O)[C@H](NC(=O)NC(C)(C)C)C(C)C)s2)cc1. The zero-order valence-corrected chi connectivity index (χ0v) is 17.4. The minimum atomic E-state index is -0.681. The molecular formula is C19H27N5O2S. The summed E-state index contributed by atoms with van der Waals surface area (Å²) in [7, 11) is 0. The lowest BCUT2D eigenvalue weighted by molar-refractivity contribution is -0.118. The molecule has 8 heteroatoms. The Bertz CT molecular complexity index is 793. The van der Waals surface area contributed by atoms with E-state index in [0.29, 0.717) is 5.13 Å². The highest BCUT2D eigenvalue weighted by molar-refractivity contribution is 7.18. The minimum absolute atomic E-state index is 0.0831. The monoisotopic (exact) mass is 389 g/mol. The molecule has 0 bridgehead atoms. The Hall–Kier alpha value is -2.48. The summed E-state index contributed by atoms with van der Waals surface area (Å²) in [5, 5.41) is 17.6. The van der Waals surface area contributed by atoms with E-state index in [4.69, 9.17) is 0 Å². The number of anilines is 1. The quantitative estimate of drug-likeness (QED) is 0.728. The first-order valence-electron chi connectivity index (χ1n) is 8.85. The molecule has 0 aliphatic heterocycles. The maximum Gasteiger partial charge on any atom is 0.315 e. The summed E-state index contributed by atoms with van der Waals surface area (Å²) in [4.78, 5) is 24.8. The van der Waals surface area contributed by atoms with Gasteiger partial charge in [0.2, 0.25) is 11.0 Å². The van der Waals surface area contributed by atoms with E-state index in [1.165, 1.54) is 11.3 Å². The highest BCUT2D eigenvalue weighted by Gasteiger charge is 2.26. The van der Waals surface area contributed by atoms with Crippen molar-refractivity contribution < 1.29 is 9.59 Å². The molecule has 2 rings (SSSR count). The predicted molar refractivity (Wildman–Crippen MR) is 109 cm³/mol. The normalized spacial score (nSPS) is 12.6. The molecular weight excluding hydrogens is 362 g/mol. The standard InChI is InChI=1S/C19H27N5O2S/c1-11(2)14(20-17(26)22-19(4,5)6)15(25)21-18-24-23-16(27-18)13-9-7-12(3)8-10-13/h7-11,14H,1-6H3,(H2,20,22,26)(H,21,24,25)/t14-/m1/s1. The van der Waals surface area contributed by atoms with E-state index in [2.05, 4.69) is 26.1 Å². The highest BCUT2D eigenvalue weighted by atomic mass is 32.1. The molecule has 2 aromatic rings. The molecule has 0 saturated heterocycles. The molecule has 1 aromatic carbocycles. The summed E-state index contributed by atoms with van der Waals surface area (Å²) in [6.07, 6.45) is 0. The maximum atomic E-state index is 12.6. The van der Waals surface area contributed by atoms with Gasteiger partial charge in [0, 0.05) is 11.1 Å². The summed E-state index contributed by atoms with van der Waals surface area (Å²) >= 11 is 1.30. The molecule has 0 fully saturated rings. The number of rotatable bonds is 5. The number of benzene rings is 1. The highest BCUT2D eigenvalue weighted by Crippen LogP contribution is 2.26. The largest absolute Gasteiger partial charge is 0.334 e. The molecule has 0 aliphatic carbocycles. The lowest BCUT2D eigenvalue weighted by atomic mass is 10.0. The fraction of sp³-hybridized carbons (Fsp3) is 0.474. The average Bonchev–Trinajstić information content (AvgIpc) is 2.99. The van der Waals surface area contributed by atoms with Crippen LogP contribution < -0.4 is 16.0 Å². The summed E-state index contributed by atoms with van der Waals surface area (Å²) in [6, 6.07) is 6.88. The molecule has 27 heavy (non-hydrogen) atoms. The van der Waals surface area contributed by atoms with E-state index in [9.17, 15) is 9.59 Å². The van der Waals surface area contributed by atoms with Crippen LogP contribution in [0.5, 0.6) is 0 Å². The second-order valence-corrected chi connectivity index (χ2v) is 8.82. The van der Waals surface area contributed by atoms with Crippen molar-refractivity contribution in [2.75, 3.05) is 5.32 Å². The number of hydrogen-bond acceptors (Lipinski definition) is 5. The number of hydrogen-bond donors (Lipinski definition) is 3. The zero-order chi connectivity index (χ0) is 20.2. The average molecular weight is 390 g/mol. The van der Waals surface area contributed by atoms with E-state index in [-0.39, 0.29) is 23.4 Å². The van der Waals surface area contributed by atoms with Gasteiger partial charge >= 0.3 is 6.03 Å². The van der Waals surface area contributed by atoms with E-state index in [0.717, 1.165) is 16.1 Å². The van der Waals surface area contributed by atoms with Gasteiger partial charge in [0.1, 0.15) is 11.0 Å². The molecule has 3 N–H and O–H groups in total. The topological polar surface area (TPSA) is 96.0 Å². The first-order valence-corrected chi connectivity index (χ1v) is 9.67. The number of carbonyl (C=O) groups excluding carboxylic acids is 2. The lowest BCUT2D eigenvalue weighted by Crippen LogP contribution is -2.54. The van der Waals surface area contributed by atoms with Gasteiger partial charge in [-0.05, 0) is 33.6 Å². The second-order valence-electron chi connectivity index (χ2n) is 7.84. The summed E-state index contributed by atoms with van der Waals surface area (Å²) in [5.74, 6) is -0.402. The second kappa shape index (κ2) is 8.47. The number of aromatic nitrogens is 2. The van der Waals surface area contributed by atoms with Crippen LogP contribution in [-0.2, 0) is 4.79 Å². The molecule has 1 heterocycles. The lowest BCUT2D eigenvalue weighted by Gasteiger charge is -2.25. The van der Waals surface area contributed by atoms with Crippen molar-refractivity contribution in [2.45, 2.75) is 53.1 Å².